The molecule has 162 valence electrons. The smallest absolute Gasteiger partial charge is 0.338 e. The minimum absolute atomic E-state index is 0.0497. The maximum Gasteiger partial charge on any atom is 0.338 e. The highest BCUT2D eigenvalue weighted by Gasteiger charge is 2.51. The summed E-state index contributed by atoms with van der Waals surface area (Å²) in [4.78, 5) is 19.3. The molecule has 1 aliphatic heterocycles. The van der Waals surface area contributed by atoms with Crippen LogP contribution in [0.25, 0.3) is 0 Å². The average Bonchev–Trinajstić information content (AvgIpc) is 2.76. The Labute approximate surface area is 181 Å². The zero-order chi connectivity index (χ0) is 21.8. The van der Waals surface area contributed by atoms with E-state index in [1.807, 2.05) is 36.4 Å². The molecule has 0 N–H and O–H groups in total. The third-order valence-corrected chi connectivity index (χ3v) is 6.45. The number of carbonyl (C=O) groups excluding carboxylic acids is 1. The van der Waals surface area contributed by atoms with Crippen molar-refractivity contribution in [3.8, 4) is 0 Å². The molecule has 2 unspecified atom stereocenters. The van der Waals surface area contributed by atoms with Crippen molar-refractivity contribution in [1.29, 1.82) is 0 Å². The number of piperidine rings is 1. The van der Waals surface area contributed by atoms with E-state index in [9.17, 15) is 4.79 Å². The van der Waals surface area contributed by atoms with Crippen molar-refractivity contribution in [2.75, 3.05) is 0 Å². The van der Waals surface area contributed by atoms with E-state index < -0.39 is 0 Å². The highest BCUT2D eigenvalue weighted by molar-refractivity contribution is 5.89. The van der Waals surface area contributed by atoms with E-state index in [2.05, 4.69) is 51.8 Å². The van der Waals surface area contributed by atoms with Crippen LogP contribution in [0.1, 0.15) is 82.3 Å². The molecule has 1 heterocycles. The standard InChI is InChI=1S/C26H35NO3/c1-6-26(7-2)19-23(29-24(28)22-16-12-9-13-17-22)18-25(4,5)27(26)30-20(3)21-14-10-8-11-15-21/h8-17,20,23H,6-7,18-19H2,1-5H3. The van der Waals surface area contributed by atoms with Gasteiger partial charge >= 0.3 is 5.97 Å². The molecule has 1 fully saturated rings. The van der Waals surface area contributed by atoms with Gasteiger partial charge in [0.2, 0.25) is 0 Å². The molecule has 2 aromatic carbocycles. The monoisotopic (exact) mass is 409 g/mol. The lowest BCUT2D eigenvalue weighted by Gasteiger charge is -2.56. The molecule has 4 nitrogen and oxygen atoms in total. The molecule has 0 saturated carbocycles. The predicted octanol–water partition coefficient (Wildman–Crippen LogP) is 6.34. The second kappa shape index (κ2) is 9.32. The molecule has 0 amide bonds. The first-order valence-electron chi connectivity index (χ1n) is 11.1. The number of hydrogen-bond acceptors (Lipinski definition) is 4. The summed E-state index contributed by atoms with van der Waals surface area (Å²) in [5, 5.41) is 2.21. The van der Waals surface area contributed by atoms with Crippen LogP contribution in [0.15, 0.2) is 60.7 Å². The van der Waals surface area contributed by atoms with Crippen LogP contribution in [-0.4, -0.2) is 28.2 Å². The number of hydroxylamine groups is 2. The summed E-state index contributed by atoms with van der Waals surface area (Å²) < 4.78 is 5.99. The van der Waals surface area contributed by atoms with Crippen LogP contribution in [0.3, 0.4) is 0 Å². The number of rotatable bonds is 7. The third kappa shape index (κ3) is 4.76. The zero-order valence-corrected chi connectivity index (χ0v) is 18.9. The molecule has 0 bridgehead atoms. The van der Waals surface area contributed by atoms with Crippen molar-refractivity contribution in [3.63, 3.8) is 0 Å². The van der Waals surface area contributed by atoms with Gasteiger partial charge in [-0.15, -0.1) is 0 Å². The fourth-order valence-electron chi connectivity index (χ4n) is 4.76. The first kappa shape index (κ1) is 22.5. The van der Waals surface area contributed by atoms with Crippen molar-refractivity contribution in [1.82, 2.24) is 5.06 Å². The van der Waals surface area contributed by atoms with Crippen LogP contribution < -0.4 is 0 Å². The van der Waals surface area contributed by atoms with Crippen LogP contribution >= 0.6 is 0 Å². The molecule has 0 aromatic heterocycles. The number of ether oxygens (including phenoxy) is 1. The first-order chi connectivity index (χ1) is 14.3. The fourth-order valence-corrected chi connectivity index (χ4v) is 4.76. The summed E-state index contributed by atoms with van der Waals surface area (Å²) in [5.74, 6) is -0.246. The van der Waals surface area contributed by atoms with E-state index in [0.717, 1.165) is 31.2 Å². The maximum atomic E-state index is 12.7. The van der Waals surface area contributed by atoms with Gasteiger partial charge in [-0.2, -0.15) is 5.06 Å². The quantitative estimate of drug-likeness (QED) is 0.500. The van der Waals surface area contributed by atoms with Gasteiger partial charge in [0.05, 0.1) is 5.56 Å². The second-order valence-corrected chi connectivity index (χ2v) is 9.00. The van der Waals surface area contributed by atoms with E-state index in [1.165, 1.54) is 0 Å². The van der Waals surface area contributed by atoms with E-state index in [0.29, 0.717) is 5.56 Å². The Balaban J connectivity index is 1.81. The highest BCUT2D eigenvalue weighted by atomic mass is 16.7. The van der Waals surface area contributed by atoms with Gasteiger partial charge in [0.1, 0.15) is 12.2 Å². The van der Waals surface area contributed by atoms with Gasteiger partial charge in [0.25, 0.3) is 0 Å². The number of carbonyl (C=O) groups is 1. The van der Waals surface area contributed by atoms with Gasteiger partial charge in [-0.25, -0.2) is 4.79 Å². The van der Waals surface area contributed by atoms with E-state index >= 15 is 0 Å². The van der Waals surface area contributed by atoms with Crippen molar-refractivity contribution >= 4 is 5.97 Å². The average molecular weight is 410 g/mol. The molecule has 30 heavy (non-hydrogen) atoms. The molecule has 1 aliphatic rings. The minimum Gasteiger partial charge on any atom is -0.459 e. The minimum atomic E-state index is -0.269. The Bertz CT molecular complexity index is 815. The summed E-state index contributed by atoms with van der Waals surface area (Å²) in [5.41, 5.74) is 1.30. The van der Waals surface area contributed by atoms with Crippen LogP contribution in [0.5, 0.6) is 0 Å². The maximum absolute atomic E-state index is 12.7. The molecule has 2 atom stereocenters. The predicted molar refractivity (Wildman–Crippen MR) is 120 cm³/mol. The van der Waals surface area contributed by atoms with Gasteiger partial charge in [0.15, 0.2) is 0 Å². The molecule has 0 aliphatic carbocycles. The van der Waals surface area contributed by atoms with Gasteiger partial charge in [-0.1, -0.05) is 62.4 Å². The van der Waals surface area contributed by atoms with Gasteiger partial charge in [-0.05, 0) is 51.3 Å². The number of hydrogen-bond donors (Lipinski definition) is 0. The van der Waals surface area contributed by atoms with Gasteiger partial charge < -0.3 is 4.74 Å². The summed E-state index contributed by atoms with van der Waals surface area (Å²) in [6.45, 7) is 10.9. The number of nitrogens with zero attached hydrogens (tertiary/aromatic N) is 1. The lowest BCUT2D eigenvalue weighted by molar-refractivity contribution is -0.322. The third-order valence-electron chi connectivity index (χ3n) is 6.45. The molecular weight excluding hydrogens is 374 g/mol. The van der Waals surface area contributed by atoms with Crippen LogP contribution in [-0.2, 0) is 9.57 Å². The lowest BCUT2D eigenvalue weighted by atomic mass is 9.75. The summed E-state index contributed by atoms with van der Waals surface area (Å²) in [6.07, 6.45) is 3.16. The zero-order valence-electron chi connectivity index (χ0n) is 18.9. The Morgan fingerprint density at radius 3 is 2.13 bits per heavy atom. The Kier molecular flexibility index (Phi) is 6.99. The Morgan fingerprint density at radius 1 is 1.00 bits per heavy atom. The number of benzene rings is 2. The molecule has 4 heteroatoms. The molecule has 1 saturated heterocycles. The van der Waals surface area contributed by atoms with E-state index in [1.54, 1.807) is 12.1 Å². The largest absolute Gasteiger partial charge is 0.459 e. The Morgan fingerprint density at radius 2 is 1.57 bits per heavy atom. The fraction of sp³-hybridized carbons (Fsp3) is 0.500. The Hall–Kier alpha value is -2.17. The lowest BCUT2D eigenvalue weighted by Crippen LogP contribution is -2.64. The summed E-state index contributed by atoms with van der Waals surface area (Å²) >= 11 is 0. The van der Waals surface area contributed by atoms with Crippen molar-refractivity contribution in [2.24, 2.45) is 0 Å². The highest BCUT2D eigenvalue weighted by Crippen LogP contribution is 2.45. The summed E-state index contributed by atoms with van der Waals surface area (Å²) in [7, 11) is 0. The first-order valence-corrected chi connectivity index (χ1v) is 11.1. The van der Waals surface area contributed by atoms with Gasteiger partial charge in [-0.3, -0.25) is 4.84 Å². The SMILES string of the molecule is CCC1(CC)CC(OC(=O)c2ccccc2)CC(C)(C)N1OC(C)c1ccccc1. The molecule has 0 spiro atoms. The molecule has 0 radical (unpaired) electrons. The normalized spacial score (nSPS) is 21.7. The van der Waals surface area contributed by atoms with Crippen molar-refractivity contribution in [2.45, 2.75) is 83.6 Å². The van der Waals surface area contributed by atoms with Crippen LogP contribution in [0.4, 0.5) is 0 Å². The van der Waals surface area contributed by atoms with Crippen LogP contribution in [0.2, 0.25) is 0 Å². The van der Waals surface area contributed by atoms with Crippen LogP contribution in [0, 0.1) is 0 Å². The van der Waals surface area contributed by atoms with E-state index in [4.69, 9.17) is 9.57 Å². The second-order valence-electron chi connectivity index (χ2n) is 9.00. The molecule has 2 aromatic rings. The van der Waals surface area contributed by atoms with Crippen molar-refractivity contribution < 1.29 is 14.4 Å². The van der Waals surface area contributed by atoms with E-state index in [-0.39, 0.29) is 29.3 Å². The topological polar surface area (TPSA) is 38.8 Å². The number of esters is 1. The molecule has 3 rings (SSSR count). The van der Waals surface area contributed by atoms with Crippen molar-refractivity contribution in [3.05, 3.63) is 71.8 Å². The molecular formula is C26H35NO3. The summed E-state index contributed by atoms with van der Waals surface area (Å²) in [6, 6.07) is 19.6. The van der Waals surface area contributed by atoms with Gasteiger partial charge in [0, 0.05) is 23.9 Å².